The molecule has 96 valence electrons. The number of aromatic carboxylic acids is 1. The normalized spacial score (nSPS) is 14.6. The van der Waals surface area contributed by atoms with Crippen LogP contribution in [0, 0.1) is 0 Å². The van der Waals surface area contributed by atoms with Crippen molar-refractivity contribution in [3.05, 3.63) is 29.8 Å². The van der Waals surface area contributed by atoms with E-state index in [0.717, 1.165) is 25.9 Å². The first-order valence-electron chi connectivity index (χ1n) is 5.95. The number of likely N-dealkylation sites (tertiary alicyclic amines) is 1. The van der Waals surface area contributed by atoms with Crippen LogP contribution in [0.15, 0.2) is 24.3 Å². The van der Waals surface area contributed by atoms with Crippen LogP contribution in [-0.2, 0) is 0 Å². The highest BCUT2D eigenvalue weighted by Crippen LogP contribution is 2.17. The zero-order valence-corrected chi connectivity index (χ0v) is 10.3. The molecule has 1 fully saturated rings. The standard InChI is InChI=1S/C13H16N2O3/c1-14(13(18)15-8-2-3-9-15)11-6-4-10(5-7-11)12(16)17/h4-7H,2-3,8-9H2,1H3,(H,16,17). The average Bonchev–Trinajstić information content (AvgIpc) is 2.91. The molecule has 2 rings (SSSR count). The van der Waals surface area contributed by atoms with Crippen molar-refractivity contribution >= 4 is 17.7 Å². The highest BCUT2D eigenvalue weighted by Gasteiger charge is 2.22. The molecule has 1 N–H and O–H groups in total. The van der Waals surface area contributed by atoms with E-state index >= 15 is 0 Å². The highest BCUT2D eigenvalue weighted by atomic mass is 16.4. The Morgan fingerprint density at radius 1 is 1.17 bits per heavy atom. The molecular weight excluding hydrogens is 232 g/mol. The molecule has 0 unspecified atom stereocenters. The van der Waals surface area contributed by atoms with E-state index in [2.05, 4.69) is 0 Å². The van der Waals surface area contributed by atoms with Crippen molar-refractivity contribution in [2.75, 3.05) is 25.0 Å². The summed E-state index contributed by atoms with van der Waals surface area (Å²) < 4.78 is 0. The fourth-order valence-corrected chi connectivity index (χ4v) is 2.06. The second kappa shape index (κ2) is 5.08. The monoisotopic (exact) mass is 248 g/mol. The maximum Gasteiger partial charge on any atom is 0.335 e. The van der Waals surface area contributed by atoms with Gasteiger partial charge in [0.2, 0.25) is 0 Å². The number of carbonyl (C=O) groups is 2. The SMILES string of the molecule is CN(C(=O)N1CCCC1)c1ccc(C(=O)O)cc1. The number of benzene rings is 1. The van der Waals surface area contributed by atoms with Crippen LogP contribution in [0.4, 0.5) is 10.5 Å². The summed E-state index contributed by atoms with van der Waals surface area (Å²) in [5.74, 6) is -0.963. The molecular formula is C13H16N2O3. The van der Waals surface area contributed by atoms with Gasteiger partial charge in [-0.25, -0.2) is 9.59 Å². The topological polar surface area (TPSA) is 60.9 Å². The summed E-state index contributed by atoms with van der Waals surface area (Å²) in [5, 5.41) is 8.81. The number of hydrogen-bond donors (Lipinski definition) is 1. The quantitative estimate of drug-likeness (QED) is 0.871. The van der Waals surface area contributed by atoms with E-state index in [4.69, 9.17) is 5.11 Å². The van der Waals surface area contributed by atoms with Gasteiger partial charge in [-0.05, 0) is 37.1 Å². The summed E-state index contributed by atoms with van der Waals surface area (Å²) in [6.07, 6.45) is 2.11. The maximum atomic E-state index is 12.1. The minimum atomic E-state index is -0.963. The number of anilines is 1. The molecule has 0 saturated carbocycles. The number of amides is 2. The van der Waals surface area contributed by atoms with Crippen LogP contribution in [0.5, 0.6) is 0 Å². The van der Waals surface area contributed by atoms with Crippen LogP contribution in [0.1, 0.15) is 23.2 Å². The number of carboxylic acids is 1. The molecule has 0 bridgehead atoms. The molecule has 1 heterocycles. The smallest absolute Gasteiger partial charge is 0.335 e. The van der Waals surface area contributed by atoms with Crippen LogP contribution >= 0.6 is 0 Å². The van der Waals surface area contributed by atoms with Crippen LogP contribution in [0.2, 0.25) is 0 Å². The van der Waals surface area contributed by atoms with E-state index in [9.17, 15) is 9.59 Å². The lowest BCUT2D eigenvalue weighted by Gasteiger charge is -2.24. The zero-order valence-electron chi connectivity index (χ0n) is 10.3. The predicted molar refractivity (Wildman–Crippen MR) is 68.0 cm³/mol. The Labute approximate surface area is 106 Å². The van der Waals surface area contributed by atoms with Crippen molar-refractivity contribution < 1.29 is 14.7 Å². The number of hydrogen-bond acceptors (Lipinski definition) is 2. The third-order valence-corrected chi connectivity index (χ3v) is 3.17. The summed E-state index contributed by atoms with van der Waals surface area (Å²) >= 11 is 0. The number of carboxylic acid groups (broad SMARTS) is 1. The van der Waals surface area contributed by atoms with E-state index in [1.807, 2.05) is 4.90 Å². The lowest BCUT2D eigenvalue weighted by molar-refractivity contribution is 0.0697. The minimum Gasteiger partial charge on any atom is -0.478 e. The van der Waals surface area contributed by atoms with Gasteiger partial charge in [0.05, 0.1) is 5.56 Å². The molecule has 1 saturated heterocycles. The molecule has 1 aliphatic heterocycles. The van der Waals surface area contributed by atoms with Gasteiger partial charge in [0.1, 0.15) is 0 Å². The predicted octanol–water partition coefficient (Wildman–Crippen LogP) is 2.04. The van der Waals surface area contributed by atoms with E-state index in [1.54, 1.807) is 24.1 Å². The Kier molecular flexibility index (Phi) is 3.50. The molecule has 5 nitrogen and oxygen atoms in total. The maximum absolute atomic E-state index is 12.1. The molecule has 1 aliphatic rings. The molecule has 0 radical (unpaired) electrons. The van der Waals surface area contributed by atoms with Gasteiger partial charge >= 0.3 is 12.0 Å². The number of rotatable bonds is 2. The Morgan fingerprint density at radius 3 is 2.22 bits per heavy atom. The van der Waals surface area contributed by atoms with E-state index < -0.39 is 5.97 Å². The van der Waals surface area contributed by atoms with Gasteiger partial charge in [0.25, 0.3) is 0 Å². The van der Waals surface area contributed by atoms with Crippen molar-refractivity contribution in [2.24, 2.45) is 0 Å². The first-order chi connectivity index (χ1) is 8.59. The Balaban J connectivity index is 2.10. The van der Waals surface area contributed by atoms with Crippen molar-refractivity contribution in [1.82, 2.24) is 4.90 Å². The average molecular weight is 248 g/mol. The summed E-state index contributed by atoms with van der Waals surface area (Å²) in [4.78, 5) is 26.2. The Hall–Kier alpha value is -2.04. The first-order valence-corrected chi connectivity index (χ1v) is 5.95. The third-order valence-electron chi connectivity index (χ3n) is 3.17. The number of nitrogens with zero attached hydrogens (tertiary/aromatic N) is 2. The first kappa shape index (κ1) is 12.4. The van der Waals surface area contributed by atoms with Gasteiger partial charge in [-0.15, -0.1) is 0 Å². The molecule has 0 atom stereocenters. The molecule has 0 aromatic heterocycles. The van der Waals surface area contributed by atoms with Gasteiger partial charge in [-0.3, -0.25) is 4.90 Å². The lowest BCUT2D eigenvalue weighted by Crippen LogP contribution is -2.39. The van der Waals surface area contributed by atoms with Crippen LogP contribution < -0.4 is 4.90 Å². The van der Waals surface area contributed by atoms with E-state index in [0.29, 0.717) is 5.69 Å². The van der Waals surface area contributed by atoms with Gasteiger partial charge in [0, 0.05) is 25.8 Å². The van der Waals surface area contributed by atoms with Gasteiger partial charge in [0.15, 0.2) is 0 Å². The minimum absolute atomic E-state index is 0.0319. The summed E-state index contributed by atoms with van der Waals surface area (Å²) in [6.45, 7) is 1.60. The van der Waals surface area contributed by atoms with Crippen molar-refractivity contribution in [3.8, 4) is 0 Å². The molecule has 1 aromatic rings. The summed E-state index contributed by atoms with van der Waals surface area (Å²) in [5.41, 5.74) is 0.928. The lowest BCUT2D eigenvalue weighted by atomic mass is 10.2. The molecule has 0 spiro atoms. The fourth-order valence-electron chi connectivity index (χ4n) is 2.06. The van der Waals surface area contributed by atoms with Crippen molar-refractivity contribution in [1.29, 1.82) is 0 Å². The van der Waals surface area contributed by atoms with Crippen molar-refractivity contribution in [3.63, 3.8) is 0 Å². The van der Waals surface area contributed by atoms with Gasteiger partial charge in [-0.1, -0.05) is 0 Å². The zero-order chi connectivity index (χ0) is 13.1. The summed E-state index contributed by atoms with van der Waals surface area (Å²) in [7, 11) is 1.70. The van der Waals surface area contributed by atoms with E-state index in [1.165, 1.54) is 12.1 Å². The van der Waals surface area contributed by atoms with Crippen LogP contribution in [0.3, 0.4) is 0 Å². The molecule has 0 aliphatic carbocycles. The van der Waals surface area contributed by atoms with Crippen LogP contribution in [-0.4, -0.2) is 42.1 Å². The summed E-state index contributed by atoms with van der Waals surface area (Å²) in [6, 6.07) is 6.28. The number of carbonyl (C=O) groups excluding carboxylic acids is 1. The Bertz CT molecular complexity index is 450. The van der Waals surface area contributed by atoms with E-state index in [-0.39, 0.29) is 11.6 Å². The largest absolute Gasteiger partial charge is 0.478 e. The molecule has 1 aromatic carbocycles. The second-order valence-corrected chi connectivity index (χ2v) is 4.39. The molecule has 5 heteroatoms. The molecule has 18 heavy (non-hydrogen) atoms. The third kappa shape index (κ3) is 2.45. The van der Waals surface area contributed by atoms with Crippen molar-refractivity contribution in [2.45, 2.75) is 12.8 Å². The molecule has 2 amide bonds. The fraction of sp³-hybridized carbons (Fsp3) is 0.385. The van der Waals surface area contributed by atoms with Gasteiger partial charge < -0.3 is 10.0 Å². The van der Waals surface area contributed by atoms with Crippen LogP contribution in [0.25, 0.3) is 0 Å². The number of urea groups is 1. The Morgan fingerprint density at radius 2 is 1.72 bits per heavy atom. The van der Waals surface area contributed by atoms with Gasteiger partial charge in [-0.2, -0.15) is 0 Å². The second-order valence-electron chi connectivity index (χ2n) is 4.39. The highest BCUT2D eigenvalue weighted by molar-refractivity contribution is 5.93.